The van der Waals surface area contributed by atoms with Gasteiger partial charge in [0.25, 0.3) is 5.91 Å². The van der Waals surface area contributed by atoms with Gasteiger partial charge in [-0.2, -0.15) is 0 Å². The largest absolute Gasteiger partial charge is 0.348 e. The molecule has 1 amide bonds. The van der Waals surface area contributed by atoms with Crippen LogP contribution in [0.15, 0.2) is 24.3 Å². The van der Waals surface area contributed by atoms with Gasteiger partial charge >= 0.3 is 0 Å². The number of nitrogens with one attached hydrogen (secondary N) is 1. The van der Waals surface area contributed by atoms with Gasteiger partial charge in [0.2, 0.25) is 0 Å². The van der Waals surface area contributed by atoms with Crippen LogP contribution in [-0.2, 0) is 6.54 Å². The van der Waals surface area contributed by atoms with Crippen molar-refractivity contribution >= 4 is 5.91 Å². The van der Waals surface area contributed by atoms with Crippen LogP contribution in [0.25, 0.3) is 0 Å². The van der Waals surface area contributed by atoms with Crippen LogP contribution >= 0.6 is 0 Å². The van der Waals surface area contributed by atoms with Crippen LogP contribution in [0.1, 0.15) is 56.0 Å². The lowest BCUT2D eigenvalue weighted by atomic mass is 9.68. The number of hydrogen-bond acceptors (Lipinski definition) is 2. The van der Waals surface area contributed by atoms with E-state index in [4.69, 9.17) is 5.73 Å². The fraction of sp³-hybridized carbons (Fsp3) is 0.611. The molecule has 2 fully saturated rings. The van der Waals surface area contributed by atoms with Crippen molar-refractivity contribution in [2.24, 2.45) is 22.5 Å². The molecule has 0 radical (unpaired) electrons. The number of amides is 1. The third-order valence-electron chi connectivity index (χ3n) is 5.97. The summed E-state index contributed by atoms with van der Waals surface area (Å²) in [4.78, 5) is 12.6. The van der Waals surface area contributed by atoms with Crippen molar-refractivity contribution in [2.75, 3.05) is 0 Å². The molecule has 3 heteroatoms. The van der Waals surface area contributed by atoms with E-state index in [0.29, 0.717) is 6.54 Å². The van der Waals surface area contributed by atoms with Gasteiger partial charge in [0.05, 0.1) is 0 Å². The lowest BCUT2D eigenvalue weighted by molar-refractivity contribution is 0.0737. The minimum Gasteiger partial charge on any atom is -0.348 e. The zero-order chi connectivity index (χ0) is 15.3. The Balaban J connectivity index is 1.81. The first kappa shape index (κ1) is 14.6. The van der Waals surface area contributed by atoms with Gasteiger partial charge in [-0.3, -0.25) is 4.79 Å². The summed E-state index contributed by atoms with van der Waals surface area (Å²) in [6, 6.07) is 7.90. The number of nitrogens with two attached hydrogens (primary N) is 1. The lowest BCUT2D eigenvalue weighted by Gasteiger charge is -2.43. The zero-order valence-corrected chi connectivity index (χ0v) is 13.3. The molecule has 2 bridgehead atoms. The van der Waals surface area contributed by atoms with Gasteiger partial charge in [-0.1, -0.05) is 32.9 Å². The number of carbonyl (C=O) groups is 1. The molecule has 0 spiro atoms. The number of benzene rings is 1. The van der Waals surface area contributed by atoms with E-state index in [1.807, 2.05) is 24.3 Å². The Bertz CT molecular complexity index is 561. The number of fused-ring (bicyclic) bond motifs is 2. The molecule has 3 N–H and O–H groups in total. The number of rotatable bonds is 3. The topological polar surface area (TPSA) is 55.1 Å². The second-order valence-electron chi connectivity index (χ2n) is 7.73. The van der Waals surface area contributed by atoms with Crippen LogP contribution in [0.4, 0.5) is 0 Å². The van der Waals surface area contributed by atoms with Crippen molar-refractivity contribution in [1.82, 2.24) is 5.32 Å². The van der Waals surface area contributed by atoms with Crippen molar-refractivity contribution in [3.05, 3.63) is 35.4 Å². The first-order chi connectivity index (χ1) is 9.87. The fourth-order valence-corrected chi connectivity index (χ4v) is 4.72. The highest BCUT2D eigenvalue weighted by Crippen LogP contribution is 2.62. The summed E-state index contributed by atoms with van der Waals surface area (Å²) < 4.78 is 0. The van der Waals surface area contributed by atoms with Crippen LogP contribution in [0.5, 0.6) is 0 Å². The van der Waals surface area contributed by atoms with E-state index in [0.717, 1.165) is 17.0 Å². The summed E-state index contributed by atoms with van der Waals surface area (Å²) in [5.74, 6) is 0.778. The van der Waals surface area contributed by atoms with Crippen molar-refractivity contribution in [1.29, 1.82) is 0 Å². The van der Waals surface area contributed by atoms with Crippen molar-refractivity contribution < 1.29 is 4.79 Å². The Morgan fingerprint density at radius 2 is 2.14 bits per heavy atom. The van der Waals surface area contributed by atoms with Crippen LogP contribution in [0, 0.1) is 16.7 Å². The van der Waals surface area contributed by atoms with E-state index in [1.165, 1.54) is 19.3 Å². The molecule has 3 unspecified atom stereocenters. The number of hydrogen-bond donors (Lipinski definition) is 2. The van der Waals surface area contributed by atoms with E-state index in [-0.39, 0.29) is 22.8 Å². The molecular weight excluding hydrogens is 260 g/mol. The average molecular weight is 286 g/mol. The molecule has 2 aliphatic rings. The summed E-state index contributed by atoms with van der Waals surface area (Å²) in [5, 5.41) is 3.33. The fourth-order valence-electron chi connectivity index (χ4n) is 4.72. The molecular formula is C18H26N2O. The highest BCUT2D eigenvalue weighted by Gasteiger charge is 2.59. The lowest BCUT2D eigenvalue weighted by Crippen LogP contribution is -2.52. The first-order valence-corrected chi connectivity index (χ1v) is 7.97. The Hall–Kier alpha value is -1.35. The molecule has 1 aromatic rings. The Labute approximate surface area is 127 Å². The van der Waals surface area contributed by atoms with Crippen molar-refractivity contribution in [2.45, 2.75) is 52.6 Å². The molecule has 3 atom stereocenters. The summed E-state index contributed by atoms with van der Waals surface area (Å²) in [6.45, 7) is 7.42. The highest BCUT2D eigenvalue weighted by molar-refractivity contribution is 5.94. The molecule has 0 heterocycles. The SMILES string of the molecule is CC12CCC(C1)C(C)(C)C2NC(=O)c1cccc(CN)c1. The quantitative estimate of drug-likeness (QED) is 0.897. The third kappa shape index (κ3) is 2.28. The van der Waals surface area contributed by atoms with Crippen LogP contribution < -0.4 is 11.1 Å². The predicted molar refractivity (Wildman–Crippen MR) is 84.8 cm³/mol. The maximum absolute atomic E-state index is 12.6. The summed E-state index contributed by atoms with van der Waals surface area (Å²) >= 11 is 0. The summed E-state index contributed by atoms with van der Waals surface area (Å²) in [6.07, 6.45) is 3.78. The average Bonchev–Trinajstić information content (AvgIpc) is 2.94. The summed E-state index contributed by atoms with van der Waals surface area (Å²) in [5.41, 5.74) is 7.84. The smallest absolute Gasteiger partial charge is 0.251 e. The molecule has 1 aromatic carbocycles. The van der Waals surface area contributed by atoms with Gasteiger partial charge in [0.15, 0.2) is 0 Å². The molecule has 2 aliphatic carbocycles. The Morgan fingerprint density at radius 1 is 1.38 bits per heavy atom. The number of carbonyl (C=O) groups excluding carboxylic acids is 1. The van der Waals surface area contributed by atoms with Gasteiger partial charge in [-0.25, -0.2) is 0 Å². The van der Waals surface area contributed by atoms with E-state index < -0.39 is 0 Å². The van der Waals surface area contributed by atoms with Crippen LogP contribution in [0.2, 0.25) is 0 Å². The molecule has 2 saturated carbocycles. The van der Waals surface area contributed by atoms with E-state index >= 15 is 0 Å². The van der Waals surface area contributed by atoms with Gasteiger partial charge in [-0.15, -0.1) is 0 Å². The maximum Gasteiger partial charge on any atom is 0.251 e. The zero-order valence-electron chi connectivity index (χ0n) is 13.3. The molecule has 114 valence electrons. The normalized spacial score (nSPS) is 33.1. The minimum atomic E-state index is 0.0390. The van der Waals surface area contributed by atoms with Crippen LogP contribution in [-0.4, -0.2) is 11.9 Å². The monoisotopic (exact) mass is 286 g/mol. The highest BCUT2D eigenvalue weighted by atomic mass is 16.1. The molecule has 0 aromatic heterocycles. The minimum absolute atomic E-state index is 0.0390. The molecule has 3 nitrogen and oxygen atoms in total. The van der Waals surface area contributed by atoms with Gasteiger partial charge in [-0.05, 0) is 53.7 Å². The molecule has 0 saturated heterocycles. The van der Waals surface area contributed by atoms with E-state index in [9.17, 15) is 4.79 Å². The van der Waals surface area contributed by atoms with Crippen molar-refractivity contribution in [3.8, 4) is 0 Å². The third-order valence-corrected chi connectivity index (χ3v) is 5.97. The standard InChI is InChI=1S/C18H26N2O/c1-17(2)14-7-8-18(3,10-14)16(17)20-15(21)13-6-4-5-12(9-13)11-19/h4-6,9,14,16H,7-8,10-11,19H2,1-3H3,(H,20,21). The van der Waals surface area contributed by atoms with E-state index in [1.54, 1.807) is 0 Å². The van der Waals surface area contributed by atoms with Gasteiger partial charge in [0, 0.05) is 18.2 Å². The molecule has 21 heavy (non-hydrogen) atoms. The van der Waals surface area contributed by atoms with Crippen LogP contribution in [0.3, 0.4) is 0 Å². The van der Waals surface area contributed by atoms with Gasteiger partial charge < -0.3 is 11.1 Å². The maximum atomic E-state index is 12.6. The second-order valence-corrected chi connectivity index (χ2v) is 7.73. The molecule has 3 rings (SSSR count). The first-order valence-electron chi connectivity index (χ1n) is 7.97. The van der Waals surface area contributed by atoms with Gasteiger partial charge in [0.1, 0.15) is 0 Å². The predicted octanol–water partition coefficient (Wildman–Crippen LogP) is 3.09. The summed E-state index contributed by atoms with van der Waals surface area (Å²) in [7, 11) is 0. The Morgan fingerprint density at radius 3 is 2.76 bits per heavy atom. The molecule has 0 aliphatic heterocycles. The van der Waals surface area contributed by atoms with E-state index in [2.05, 4.69) is 26.1 Å². The Kier molecular flexibility index (Phi) is 3.36. The second kappa shape index (κ2) is 4.84. The van der Waals surface area contributed by atoms with Crippen molar-refractivity contribution in [3.63, 3.8) is 0 Å².